The minimum atomic E-state index is -4.52. The molecule has 2 amide bonds. The summed E-state index contributed by atoms with van der Waals surface area (Å²) in [5.74, 6) is 0.440. The summed E-state index contributed by atoms with van der Waals surface area (Å²) in [4.78, 5) is 29.5. The zero-order valence-electron chi connectivity index (χ0n) is 21.1. The van der Waals surface area contributed by atoms with Crippen molar-refractivity contribution < 1.29 is 27.5 Å². The zero-order valence-corrected chi connectivity index (χ0v) is 21.1. The Bertz CT molecular complexity index is 1300. The predicted octanol–water partition coefficient (Wildman–Crippen LogP) is 5.26. The molecule has 0 bridgehead atoms. The van der Waals surface area contributed by atoms with Gasteiger partial charge in [-0.3, -0.25) is 14.7 Å². The minimum Gasteiger partial charge on any atom is -0.494 e. The van der Waals surface area contributed by atoms with Crippen molar-refractivity contribution in [3.05, 3.63) is 71.4 Å². The minimum absolute atomic E-state index is 0.0155. The van der Waals surface area contributed by atoms with Crippen LogP contribution >= 0.6 is 0 Å². The van der Waals surface area contributed by atoms with Gasteiger partial charge in [0, 0.05) is 42.7 Å². The van der Waals surface area contributed by atoms with Gasteiger partial charge in [-0.2, -0.15) is 18.3 Å². The SMILES string of the molecule is CCCOc1ccc(C(=O)N2CCC3(CC2)CN(C(=O)c2cc(-c4ccccc4C(F)(F)F)n[nH]2)C3)cc1. The average Bonchev–Trinajstić information content (AvgIpc) is 3.40. The summed E-state index contributed by atoms with van der Waals surface area (Å²) < 4.78 is 45.7. The van der Waals surface area contributed by atoms with Crippen LogP contribution in [0.5, 0.6) is 5.75 Å². The normalized spacial score (nSPS) is 16.8. The lowest BCUT2D eigenvalue weighted by Crippen LogP contribution is -2.62. The van der Waals surface area contributed by atoms with E-state index in [1.807, 2.05) is 24.0 Å². The second kappa shape index (κ2) is 10.2. The number of aromatic amines is 1. The van der Waals surface area contributed by atoms with E-state index in [1.54, 1.807) is 17.0 Å². The van der Waals surface area contributed by atoms with E-state index in [0.717, 1.165) is 31.1 Å². The van der Waals surface area contributed by atoms with Crippen LogP contribution in [0, 0.1) is 5.41 Å². The standard InChI is InChI=1S/C28H29F3N4O3/c1-2-15-38-20-9-7-19(8-10-20)25(36)34-13-11-27(12-14-34)17-35(18-27)26(37)24-16-23(32-33-24)21-5-3-4-6-22(21)28(29,30)31/h3-10,16H,2,11-15,17-18H2,1H3,(H,32,33). The first-order chi connectivity index (χ1) is 18.2. The van der Waals surface area contributed by atoms with Gasteiger partial charge in [0.1, 0.15) is 11.4 Å². The lowest BCUT2D eigenvalue weighted by atomic mass is 9.71. The number of ether oxygens (including phenoxy) is 1. The lowest BCUT2D eigenvalue weighted by molar-refractivity contribution is -0.137. The summed E-state index contributed by atoms with van der Waals surface area (Å²) in [6, 6.07) is 13.7. The summed E-state index contributed by atoms with van der Waals surface area (Å²) in [6.07, 6.45) is -2.04. The highest BCUT2D eigenvalue weighted by atomic mass is 19.4. The van der Waals surface area contributed by atoms with Crippen LogP contribution in [0.2, 0.25) is 0 Å². The van der Waals surface area contributed by atoms with Crippen LogP contribution in [0.1, 0.15) is 52.6 Å². The van der Waals surface area contributed by atoms with Crippen molar-refractivity contribution in [3.8, 4) is 17.0 Å². The number of H-pyrrole nitrogens is 1. The second-order valence-electron chi connectivity index (χ2n) is 10.0. The van der Waals surface area contributed by atoms with Crippen molar-refractivity contribution in [3.63, 3.8) is 0 Å². The largest absolute Gasteiger partial charge is 0.494 e. The molecule has 0 aliphatic carbocycles. The van der Waals surface area contributed by atoms with Gasteiger partial charge in [0.2, 0.25) is 0 Å². The number of nitrogens with one attached hydrogen (secondary N) is 1. The number of piperidine rings is 1. The topological polar surface area (TPSA) is 78.5 Å². The summed E-state index contributed by atoms with van der Waals surface area (Å²) >= 11 is 0. The van der Waals surface area contributed by atoms with Gasteiger partial charge in [0.15, 0.2) is 0 Å². The Labute approximate surface area is 218 Å². The van der Waals surface area contributed by atoms with E-state index in [4.69, 9.17) is 4.74 Å². The Morgan fingerprint density at radius 2 is 1.68 bits per heavy atom. The molecule has 2 aromatic carbocycles. The highest BCUT2D eigenvalue weighted by Crippen LogP contribution is 2.42. The number of aromatic nitrogens is 2. The Morgan fingerprint density at radius 3 is 2.34 bits per heavy atom. The molecule has 5 rings (SSSR count). The van der Waals surface area contributed by atoms with E-state index in [0.29, 0.717) is 38.3 Å². The fourth-order valence-corrected chi connectivity index (χ4v) is 5.20. The van der Waals surface area contributed by atoms with Crippen LogP contribution < -0.4 is 4.74 Å². The van der Waals surface area contributed by atoms with Crippen LogP contribution in [0.15, 0.2) is 54.6 Å². The molecule has 3 heterocycles. The van der Waals surface area contributed by atoms with Crippen molar-refractivity contribution in [2.75, 3.05) is 32.8 Å². The van der Waals surface area contributed by atoms with Gasteiger partial charge in [-0.15, -0.1) is 0 Å². The van der Waals surface area contributed by atoms with Gasteiger partial charge in [-0.25, -0.2) is 0 Å². The molecule has 1 spiro atoms. The molecule has 38 heavy (non-hydrogen) atoms. The van der Waals surface area contributed by atoms with Crippen molar-refractivity contribution >= 4 is 11.8 Å². The van der Waals surface area contributed by atoms with E-state index in [1.165, 1.54) is 24.3 Å². The Kier molecular flexibility index (Phi) is 6.90. The molecule has 0 radical (unpaired) electrons. The molecule has 0 unspecified atom stereocenters. The van der Waals surface area contributed by atoms with E-state index >= 15 is 0 Å². The Hall–Kier alpha value is -3.82. The molecule has 0 atom stereocenters. The number of nitrogens with zero attached hydrogens (tertiary/aromatic N) is 3. The number of hydrogen-bond acceptors (Lipinski definition) is 4. The Morgan fingerprint density at radius 1 is 1.00 bits per heavy atom. The summed E-state index contributed by atoms with van der Waals surface area (Å²) in [5, 5.41) is 6.59. The number of hydrogen-bond donors (Lipinski definition) is 1. The molecule has 10 heteroatoms. The molecule has 2 aliphatic heterocycles. The van der Waals surface area contributed by atoms with Gasteiger partial charge < -0.3 is 14.5 Å². The van der Waals surface area contributed by atoms with Crippen molar-refractivity contribution in [2.45, 2.75) is 32.4 Å². The van der Waals surface area contributed by atoms with Crippen LogP contribution in [0.3, 0.4) is 0 Å². The fraction of sp³-hybridized carbons (Fsp3) is 0.393. The molecule has 2 aliphatic rings. The molecular formula is C28H29F3N4O3. The van der Waals surface area contributed by atoms with Crippen molar-refractivity contribution in [1.29, 1.82) is 0 Å². The van der Waals surface area contributed by atoms with E-state index in [9.17, 15) is 22.8 Å². The molecule has 7 nitrogen and oxygen atoms in total. The third-order valence-corrected chi connectivity index (χ3v) is 7.34. The monoisotopic (exact) mass is 526 g/mol. The maximum absolute atomic E-state index is 13.4. The van der Waals surface area contributed by atoms with Crippen LogP contribution in [0.4, 0.5) is 13.2 Å². The predicted molar refractivity (Wildman–Crippen MR) is 135 cm³/mol. The number of carbonyl (C=O) groups excluding carboxylic acids is 2. The van der Waals surface area contributed by atoms with Crippen molar-refractivity contribution in [2.24, 2.45) is 5.41 Å². The number of amides is 2. The van der Waals surface area contributed by atoms with Gasteiger partial charge in [-0.05, 0) is 55.7 Å². The van der Waals surface area contributed by atoms with E-state index < -0.39 is 11.7 Å². The van der Waals surface area contributed by atoms with Crippen molar-refractivity contribution in [1.82, 2.24) is 20.0 Å². The second-order valence-corrected chi connectivity index (χ2v) is 10.0. The number of benzene rings is 2. The summed E-state index contributed by atoms with van der Waals surface area (Å²) in [7, 11) is 0. The molecule has 1 N–H and O–H groups in total. The fourth-order valence-electron chi connectivity index (χ4n) is 5.20. The third-order valence-electron chi connectivity index (χ3n) is 7.34. The molecule has 2 fully saturated rings. The molecule has 200 valence electrons. The number of alkyl halides is 3. The van der Waals surface area contributed by atoms with Crippen LogP contribution in [0.25, 0.3) is 11.3 Å². The van der Waals surface area contributed by atoms with Gasteiger partial charge in [0.05, 0.1) is 17.9 Å². The number of carbonyl (C=O) groups is 2. The zero-order chi connectivity index (χ0) is 26.9. The molecule has 2 saturated heterocycles. The third kappa shape index (κ3) is 5.12. The molecular weight excluding hydrogens is 497 g/mol. The Balaban J connectivity index is 1.16. The van der Waals surface area contributed by atoms with Gasteiger partial charge >= 0.3 is 6.18 Å². The first kappa shape index (κ1) is 25.8. The molecule has 0 saturated carbocycles. The number of rotatable bonds is 6. The summed E-state index contributed by atoms with van der Waals surface area (Å²) in [6.45, 7) is 4.98. The molecule has 1 aromatic heterocycles. The number of likely N-dealkylation sites (tertiary alicyclic amines) is 2. The van der Waals surface area contributed by atoms with Crippen LogP contribution in [-0.2, 0) is 6.18 Å². The smallest absolute Gasteiger partial charge is 0.417 e. The van der Waals surface area contributed by atoms with E-state index in [-0.39, 0.29) is 34.2 Å². The first-order valence-electron chi connectivity index (χ1n) is 12.7. The lowest BCUT2D eigenvalue weighted by Gasteiger charge is -2.53. The summed E-state index contributed by atoms with van der Waals surface area (Å²) in [5.41, 5.74) is -0.0572. The first-order valence-corrected chi connectivity index (χ1v) is 12.7. The maximum atomic E-state index is 13.4. The van der Waals surface area contributed by atoms with Gasteiger partial charge in [-0.1, -0.05) is 25.1 Å². The number of halogens is 3. The molecule has 3 aromatic rings. The van der Waals surface area contributed by atoms with Gasteiger partial charge in [0.25, 0.3) is 11.8 Å². The average molecular weight is 527 g/mol. The quantitative estimate of drug-likeness (QED) is 0.475. The highest BCUT2D eigenvalue weighted by Gasteiger charge is 2.47. The van der Waals surface area contributed by atoms with E-state index in [2.05, 4.69) is 10.2 Å². The van der Waals surface area contributed by atoms with Crippen LogP contribution in [-0.4, -0.2) is 64.6 Å². The highest BCUT2D eigenvalue weighted by molar-refractivity contribution is 5.95. The maximum Gasteiger partial charge on any atom is 0.417 e.